The van der Waals surface area contributed by atoms with Gasteiger partial charge in [-0.05, 0) is 74.2 Å². The second kappa shape index (κ2) is 12.6. The molecule has 42 heavy (non-hydrogen) atoms. The van der Waals surface area contributed by atoms with Crippen LogP contribution in [0.4, 0.5) is 17.5 Å². The highest BCUT2D eigenvalue weighted by molar-refractivity contribution is 8.06. The Kier molecular flexibility index (Phi) is 9.11. The van der Waals surface area contributed by atoms with E-state index in [1.165, 1.54) is 17.3 Å². The maximum absolute atomic E-state index is 13.3. The number of benzene rings is 1. The summed E-state index contributed by atoms with van der Waals surface area (Å²) < 4.78 is 32.7. The molecular weight excluding hydrogens is 572 g/mol. The number of sulfone groups is 1. The number of terminal acetylenes is 1. The van der Waals surface area contributed by atoms with Gasteiger partial charge in [0.15, 0.2) is 26.8 Å². The van der Waals surface area contributed by atoms with Crippen molar-refractivity contribution in [2.24, 2.45) is 16.8 Å². The Morgan fingerprint density at radius 2 is 2.00 bits per heavy atom. The van der Waals surface area contributed by atoms with E-state index in [4.69, 9.17) is 22.8 Å². The lowest BCUT2D eigenvalue weighted by Gasteiger charge is -2.27. The summed E-state index contributed by atoms with van der Waals surface area (Å²) in [5, 5.41) is 10.2. The molecule has 1 aromatic heterocycles. The molecule has 3 aliphatic rings. The van der Waals surface area contributed by atoms with Gasteiger partial charge in [-0.1, -0.05) is 44.4 Å². The SMILES string of the molecule is C#C[C@@H]1Cc2c(c(Nc3ncc(Cl)c(NC4=C[C@H](C)CCN=C4S(=O)(=O)CC(C)C)n3)cc(C)c2C2CCNCC2)O1. The minimum atomic E-state index is -3.62. The highest BCUT2D eigenvalue weighted by Gasteiger charge is 2.32. The van der Waals surface area contributed by atoms with Gasteiger partial charge in [0.25, 0.3) is 0 Å². The summed E-state index contributed by atoms with van der Waals surface area (Å²) in [6.07, 6.45) is 12.4. The number of rotatable bonds is 7. The van der Waals surface area contributed by atoms with Crippen molar-refractivity contribution in [3.63, 3.8) is 0 Å². The number of aryl methyl sites for hydroxylation is 1. The lowest BCUT2D eigenvalue weighted by molar-refractivity contribution is 0.294. The molecular formula is C31H39ClN6O3S. The van der Waals surface area contributed by atoms with E-state index in [0.29, 0.717) is 24.6 Å². The van der Waals surface area contributed by atoms with Crippen molar-refractivity contribution >= 4 is 43.9 Å². The first-order valence-electron chi connectivity index (χ1n) is 14.6. The Morgan fingerprint density at radius 3 is 2.71 bits per heavy atom. The van der Waals surface area contributed by atoms with Crippen molar-refractivity contribution in [2.45, 2.75) is 65.4 Å². The van der Waals surface area contributed by atoms with Gasteiger partial charge in [-0.15, -0.1) is 6.42 Å². The van der Waals surface area contributed by atoms with Crippen LogP contribution in [-0.2, 0) is 16.3 Å². The van der Waals surface area contributed by atoms with Gasteiger partial charge in [0, 0.05) is 18.5 Å². The molecule has 3 aliphatic heterocycles. The topological polar surface area (TPSA) is 118 Å². The molecule has 0 aliphatic carbocycles. The van der Waals surface area contributed by atoms with Gasteiger partial charge in [-0.3, -0.25) is 4.99 Å². The van der Waals surface area contributed by atoms with E-state index >= 15 is 0 Å². The van der Waals surface area contributed by atoms with Crippen molar-refractivity contribution in [3.8, 4) is 18.1 Å². The zero-order valence-electron chi connectivity index (χ0n) is 24.6. The molecule has 224 valence electrons. The van der Waals surface area contributed by atoms with Crippen molar-refractivity contribution in [1.82, 2.24) is 15.3 Å². The largest absolute Gasteiger partial charge is 0.475 e. The molecule has 0 bridgehead atoms. The van der Waals surface area contributed by atoms with E-state index in [1.807, 2.05) is 26.8 Å². The maximum Gasteiger partial charge on any atom is 0.229 e. The monoisotopic (exact) mass is 610 g/mol. The van der Waals surface area contributed by atoms with Gasteiger partial charge in [-0.2, -0.15) is 4.98 Å². The second-order valence-corrected chi connectivity index (χ2v) is 14.2. The van der Waals surface area contributed by atoms with E-state index in [0.717, 1.165) is 49.4 Å². The van der Waals surface area contributed by atoms with Crippen LogP contribution in [0.1, 0.15) is 62.6 Å². The predicted octanol–water partition coefficient (Wildman–Crippen LogP) is 5.39. The Hall–Kier alpha value is -3.13. The highest BCUT2D eigenvalue weighted by Crippen LogP contribution is 2.45. The van der Waals surface area contributed by atoms with Crippen molar-refractivity contribution in [3.05, 3.63) is 45.7 Å². The number of hydrogen-bond donors (Lipinski definition) is 3. The molecule has 0 radical (unpaired) electrons. The molecule has 1 saturated heterocycles. The lowest BCUT2D eigenvalue weighted by atomic mass is 9.83. The molecule has 1 fully saturated rings. The van der Waals surface area contributed by atoms with E-state index in [-0.39, 0.29) is 45.5 Å². The van der Waals surface area contributed by atoms with E-state index < -0.39 is 9.84 Å². The summed E-state index contributed by atoms with van der Waals surface area (Å²) >= 11 is 6.52. The van der Waals surface area contributed by atoms with Gasteiger partial charge in [0.05, 0.1) is 23.3 Å². The molecule has 0 spiro atoms. The smallest absolute Gasteiger partial charge is 0.229 e. The quantitative estimate of drug-likeness (QED) is 0.357. The van der Waals surface area contributed by atoms with Gasteiger partial charge >= 0.3 is 0 Å². The number of anilines is 3. The molecule has 4 heterocycles. The molecule has 9 nitrogen and oxygen atoms in total. The lowest BCUT2D eigenvalue weighted by Crippen LogP contribution is -2.27. The third-order valence-corrected chi connectivity index (χ3v) is 10.1. The Bertz CT molecular complexity index is 1560. The van der Waals surface area contributed by atoms with E-state index in [1.54, 1.807) is 0 Å². The van der Waals surface area contributed by atoms with Gasteiger partial charge in [0.1, 0.15) is 10.8 Å². The van der Waals surface area contributed by atoms with Crippen LogP contribution in [0.3, 0.4) is 0 Å². The summed E-state index contributed by atoms with van der Waals surface area (Å²) in [5.41, 5.74) is 4.77. The minimum Gasteiger partial charge on any atom is -0.475 e. The average molecular weight is 611 g/mol. The van der Waals surface area contributed by atoms with Crippen LogP contribution >= 0.6 is 11.6 Å². The zero-order valence-corrected chi connectivity index (χ0v) is 26.2. The van der Waals surface area contributed by atoms with Crippen LogP contribution in [0.2, 0.25) is 5.02 Å². The van der Waals surface area contributed by atoms with E-state index in [2.05, 4.69) is 49.8 Å². The first-order valence-corrected chi connectivity index (χ1v) is 16.6. The summed E-state index contributed by atoms with van der Waals surface area (Å²) in [5.74, 6) is 4.60. The normalized spacial score (nSPS) is 21.1. The predicted molar refractivity (Wildman–Crippen MR) is 170 cm³/mol. The standard InChI is InChI=1S/C31H39ClN6O3S/c1-6-22-15-23-27(21-8-10-33-11-9-21)20(5)14-25(28(23)41-22)37-31-35-16-24(32)29(38-31)36-26-13-19(4)7-12-34-30(26)42(39,40)17-18(2)3/h1,13-14,16,18-19,21-22,33H,7-12,15,17H2,2-5H3,(H2,35,36,37,38)/t19-,22-/m1/s1. The number of hydrogen-bond acceptors (Lipinski definition) is 9. The molecule has 11 heteroatoms. The van der Waals surface area contributed by atoms with E-state index in [9.17, 15) is 8.42 Å². The number of halogens is 1. The average Bonchev–Trinajstić information content (AvgIpc) is 3.27. The first-order chi connectivity index (χ1) is 20.1. The summed E-state index contributed by atoms with van der Waals surface area (Å²) in [7, 11) is -3.62. The number of allylic oxidation sites excluding steroid dienone is 1. The van der Waals surface area contributed by atoms with Crippen LogP contribution in [0.15, 0.2) is 29.0 Å². The Labute approximate surface area is 253 Å². The third-order valence-electron chi connectivity index (χ3n) is 7.82. The van der Waals surface area contributed by atoms with Crippen LogP contribution in [0.5, 0.6) is 5.75 Å². The van der Waals surface area contributed by atoms with Gasteiger partial charge in [-0.25, -0.2) is 13.4 Å². The molecule has 0 saturated carbocycles. The van der Waals surface area contributed by atoms with Crippen molar-refractivity contribution in [2.75, 3.05) is 36.0 Å². The van der Waals surface area contributed by atoms with Crippen molar-refractivity contribution in [1.29, 1.82) is 0 Å². The minimum absolute atomic E-state index is 0.0000227. The summed E-state index contributed by atoms with van der Waals surface area (Å²) in [6, 6.07) is 2.07. The molecule has 2 aromatic rings. The second-order valence-electron chi connectivity index (χ2n) is 11.8. The Balaban J connectivity index is 1.47. The fourth-order valence-electron chi connectivity index (χ4n) is 5.99. The van der Waals surface area contributed by atoms with Crippen LogP contribution in [-0.4, -0.2) is 54.9 Å². The maximum atomic E-state index is 13.3. The number of piperidine rings is 1. The fraction of sp³-hybridized carbons (Fsp3) is 0.516. The molecule has 5 rings (SSSR count). The number of nitrogens with zero attached hydrogens (tertiary/aromatic N) is 3. The van der Waals surface area contributed by atoms with Gasteiger partial charge < -0.3 is 20.7 Å². The molecule has 3 N–H and O–H groups in total. The molecule has 2 atom stereocenters. The molecule has 0 amide bonds. The fourth-order valence-corrected chi connectivity index (χ4v) is 7.91. The molecule has 0 unspecified atom stereocenters. The zero-order chi connectivity index (χ0) is 30.0. The van der Waals surface area contributed by atoms with Gasteiger partial charge in [0.2, 0.25) is 5.95 Å². The number of nitrogens with one attached hydrogen (secondary N) is 3. The number of aliphatic imine (C=N–C) groups is 1. The summed E-state index contributed by atoms with van der Waals surface area (Å²) in [6.45, 7) is 10.3. The number of ether oxygens (including phenoxy) is 1. The number of fused-ring (bicyclic) bond motifs is 1. The first kappa shape index (κ1) is 30.3. The summed E-state index contributed by atoms with van der Waals surface area (Å²) in [4.78, 5) is 13.5. The van der Waals surface area contributed by atoms with Crippen molar-refractivity contribution < 1.29 is 13.2 Å². The molecule has 1 aromatic carbocycles. The van der Waals surface area contributed by atoms with Crippen LogP contribution < -0.4 is 20.7 Å². The highest BCUT2D eigenvalue weighted by atomic mass is 35.5. The third kappa shape index (κ3) is 6.59. The number of aromatic nitrogens is 2. The Morgan fingerprint density at radius 1 is 1.24 bits per heavy atom. The van der Waals surface area contributed by atoms with Crippen LogP contribution in [0, 0.1) is 31.1 Å². The van der Waals surface area contributed by atoms with Crippen LogP contribution in [0.25, 0.3) is 0 Å².